The summed E-state index contributed by atoms with van der Waals surface area (Å²) in [5.41, 5.74) is 7.94. The molecule has 6 nitrogen and oxygen atoms in total. The number of fused-ring (bicyclic) bond motifs is 1. The zero-order chi connectivity index (χ0) is 17.8. The molecule has 3 aromatic rings. The fraction of sp³-hybridized carbons (Fsp3) is 0.158. The van der Waals surface area contributed by atoms with E-state index < -0.39 is 11.8 Å². The third kappa shape index (κ3) is 3.98. The van der Waals surface area contributed by atoms with Crippen molar-refractivity contribution in [2.24, 2.45) is 0 Å². The van der Waals surface area contributed by atoms with Gasteiger partial charge in [-0.1, -0.05) is 30.3 Å². The van der Waals surface area contributed by atoms with E-state index in [1.165, 1.54) is 0 Å². The van der Waals surface area contributed by atoms with Crippen molar-refractivity contribution < 1.29 is 14.3 Å². The van der Waals surface area contributed by atoms with Crippen LogP contribution in [0.15, 0.2) is 48.5 Å². The van der Waals surface area contributed by atoms with Crippen LogP contribution in [0.4, 0.5) is 0 Å². The SMILES string of the molecule is Cc1ccc(C)c(OCC(=O)NNC(=O)c2cc3ccccc3[nH]2)c1. The van der Waals surface area contributed by atoms with Gasteiger partial charge in [0.2, 0.25) is 0 Å². The predicted molar refractivity (Wildman–Crippen MR) is 95.3 cm³/mol. The molecular formula is C19H19N3O3. The van der Waals surface area contributed by atoms with Crippen LogP contribution >= 0.6 is 0 Å². The Morgan fingerprint density at radius 3 is 2.64 bits per heavy atom. The van der Waals surface area contributed by atoms with Crippen LogP contribution in [0.5, 0.6) is 5.75 Å². The van der Waals surface area contributed by atoms with Crippen molar-refractivity contribution >= 4 is 22.7 Å². The monoisotopic (exact) mass is 337 g/mol. The van der Waals surface area contributed by atoms with E-state index in [1.807, 2.05) is 56.3 Å². The van der Waals surface area contributed by atoms with Gasteiger partial charge in [-0.2, -0.15) is 0 Å². The van der Waals surface area contributed by atoms with Crippen molar-refractivity contribution in [3.05, 3.63) is 65.4 Å². The second-order valence-electron chi connectivity index (χ2n) is 5.83. The molecule has 0 bridgehead atoms. The number of hydrogen-bond acceptors (Lipinski definition) is 3. The van der Waals surface area contributed by atoms with E-state index in [0.717, 1.165) is 22.0 Å². The van der Waals surface area contributed by atoms with E-state index in [2.05, 4.69) is 15.8 Å². The molecule has 0 saturated heterocycles. The van der Waals surface area contributed by atoms with Gasteiger partial charge in [-0.25, -0.2) is 0 Å². The Labute approximate surface area is 145 Å². The summed E-state index contributed by atoms with van der Waals surface area (Å²) in [5, 5.41) is 0.928. The number of H-pyrrole nitrogens is 1. The minimum atomic E-state index is -0.439. The molecule has 0 aliphatic heterocycles. The van der Waals surface area contributed by atoms with Crippen molar-refractivity contribution in [1.29, 1.82) is 0 Å². The maximum absolute atomic E-state index is 12.1. The second kappa shape index (κ2) is 7.09. The van der Waals surface area contributed by atoms with Crippen LogP contribution in [-0.4, -0.2) is 23.4 Å². The summed E-state index contributed by atoms with van der Waals surface area (Å²) in [6.45, 7) is 3.68. The summed E-state index contributed by atoms with van der Waals surface area (Å²) in [7, 11) is 0. The molecule has 6 heteroatoms. The smallest absolute Gasteiger partial charge is 0.286 e. The first kappa shape index (κ1) is 16.6. The molecule has 1 aromatic heterocycles. The van der Waals surface area contributed by atoms with E-state index in [9.17, 15) is 9.59 Å². The molecule has 0 spiro atoms. The minimum absolute atomic E-state index is 0.183. The van der Waals surface area contributed by atoms with Gasteiger partial charge in [0.15, 0.2) is 6.61 Å². The molecule has 2 aromatic carbocycles. The maximum Gasteiger partial charge on any atom is 0.286 e. The van der Waals surface area contributed by atoms with E-state index in [-0.39, 0.29) is 6.61 Å². The van der Waals surface area contributed by atoms with Crippen LogP contribution in [0, 0.1) is 13.8 Å². The minimum Gasteiger partial charge on any atom is -0.483 e. The lowest BCUT2D eigenvalue weighted by molar-refractivity contribution is -0.123. The number of aryl methyl sites for hydroxylation is 2. The highest BCUT2D eigenvalue weighted by Crippen LogP contribution is 2.18. The number of amides is 2. The topological polar surface area (TPSA) is 83.2 Å². The number of aromatic amines is 1. The van der Waals surface area contributed by atoms with Gasteiger partial charge in [-0.15, -0.1) is 0 Å². The number of benzene rings is 2. The average molecular weight is 337 g/mol. The normalized spacial score (nSPS) is 10.5. The largest absolute Gasteiger partial charge is 0.483 e. The fourth-order valence-electron chi connectivity index (χ4n) is 2.43. The molecule has 2 amide bonds. The fourth-order valence-corrected chi connectivity index (χ4v) is 2.43. The van der Waals surface area contributed by atoms with Gasteiger partial charge in [-0.05, 0) is 43.2 Å². The van der Waals surface area contributed by atoms with Crippen LogP contribution in [0.25, 0.3) is 10.9 Å². The number of carbonyl (C=O) groups excluding carboxylic acids is 2. The molecule has 0 atom stereocenters. The Balaban J connectivity index is 1.53. The Bertz CT molecular complexity index is 898. The molecule has 0 radical (unpaired) electrons. The van der Waals surface area contributed by atoms with Crippen molar-refractivity contribution in [1.82, 2.24) is 15.8 Å². The molecule has 3 rings (SSSR count). The Hall–Kier alpha value is -3.28. The van der Waals surface area contributed by atoms with Crippen molar-refractivity contribution in [3.8, 4) is 5.75 Å². The molecule has 0 aliphatic carbocycles. The number of para-hydroxylation sites is 1. The van der Waals surface area contributed by atoms with E-state index >= 15 is 0 Å². The first-order valence-electron chi connectivity index (χ1n) is 7.90. The van der Waals surface area contributed by atoms with Crippen molar-refractivity contribution in [2.75, 3.05) is 6.61 Å². The van der Waals surface area contributed by atoms with Gasteiger partial charge in [0.1, 0.15) is 11.4 Å². The molecule has 25 heavy (non-hydrogen) atoms. The number of aromatic nitrogens is 1. The molecule has 0 unspecified atom stereocenters. The molecule has 0 aliphatic rings. The zero-order valence-electron chi connectivity index (χ0n) is 14.1. The summed E-state index contributed by atoms with van der Waals surface area (Å²) >= 11 is 0. The molecule has 3 N–H and O–H groups in total. The van der Waals surface area contributed by atoms with Crippen molar-refractivity contribution in [3.63, 3.8) is 0 Å². The Morgan fingerprint density at radius 1 is 1.04 bits per heavy atom. The maximum atomic E-state index is 12.1. The van der Waals surface area contributed by atoms with Gasteiger partial charge in [0.25, 0.3) is 11.8 Å². The zero-order valence-corrected chi connectivity index (χ0v) is 14.1. The van der Waals surface area contributed by atoms with Gasteiger partial charge >= 0.3 is 0 Å². The highest BCUT2D eigenvalue weighted by molar-refractivity contribution is 5.98. The quantitative estimate of drug-likeness (QED) is 0.640. The highest BCUT2D eigenvalue weighted by Gasteiger charge is 2.11. The number of ether oxygens (including phenoxy) is 1. The average Bonchev–Trinajstić information content (AvgIpc) is 3.04. The van der Waals surface area contributed by atoms with Gasteiger partial charge in [-0.3, -0.25) is 20.4 Å². The lowest BCUT2D eigenvalue weighted by atomic mass is 10.1. The third-order valence-corrected chi connectivity index (χ3v) is 3.79. The summed E-state index contributed by atoms with van der Waals surface area (Å²) < 4.78 is 5.49. The predicted octanol–water partition coefficient (Wildman–Crippen LogP) is 2.62. The van der Waals surface area contributed by atoms with Gasteiger partial charge in [0, 0.05) is 10.9 Å². The van der Waals surface area contributed by atoms with Crippen LogP contribution in [0.2, 0.25) is 0 Å². The number of hydrazine groups is 1. The highest BCUT2D eigenvalue weighted by atomic mass is 16.5. The summed E-state index contributed by atoms with van der Waals surface area (Å²) in [6.07, 6.45) is 0. The first-order chi connectivity index (χ1) is 12.0. The lowest BCUT2D eigenvalue weighted by Gasteiger charge is -2.10. The molecule has 0 fully saturated rings. The number of nitrogens with one attached hydrogen (secondary N) is 3. The molecular weight excluding hydrogens is 318 g/mol. The van der Waals surface area contributed by atoms with Gasteiger partial charge in [0.05, 0.1) is 0 Å². The number of carbonyl (C=O) groups is 2. The Morgan fingerprint density at radius 2 is 1.84 bits per heavy atom. The van der Waals surface area contributed by atoms with E-state index in [0.29, 0.717) is 11.4 Å². The molecule has 0 saturated carbocycles. The van der Waals surface area contributed by atoms with E-state index in [1.54, 1.807) is 6.07 Å². The standard InChI is InChI=1S/C19H19N3O3/c1-12-7-8-13(2)17(9-12)25-11-18(23)21-22-19(24)16-10-14-5-3-4-6-15(14)20-16/h3-10,20H,11H2,1-2H3,(H,21,23)(H,22,24). The Kier molecular flexibility index (Phi) is 4.70. The van der Waals surface area contributed by atoms with Gasteiger partial charge < -0.3 is 9.72 Å². The number of hydrogen-bond donors (Lipinski definition) is 3. The summed E-state index contributed by atoms with van der Waals surface area (Å²) in [5.74, 6) is -0.209. The molecule has 128 valence electrons. The van der Waals surface area contributed by atoms with Crippen molar-refractivity contribution in [2.45, 2.75) is 13.8 Å². The second-order valence-corrected chi connectivity index (χ2v) is 5.83. The van der Waals surface area contributed by atoms with Crippen LogP contribution in [-0.2, 0) is 4.79 Å². The third-order valence-electron chi connectivity index (χ3n) is 3.79. The van der Waals surface area contributed by atoms with E-state index in [4.69, 9.17) is 4.74 Å². The van der Waals surface area contributed by atoms with Crippen LogP contribution in [0.3, 0.4) is 0 Å². The number of rotatable bonds is 4. The van der Waals surface area contributed by atoms with Crippen LogP contribution in [0.1, 0.15) is 21.6 Å². The van der Waals surface area contributed by atoms with Crippen LogP contribution < -0.4 is 15.6 Å². The summed E-state index contributed by atoms with van der Waals surface area (Å²) in [6, 6.07) is 15.1. The summed E-state index contributed by atoms with van der Waals surface area (Å²) in [4.78, 5) is 26.9. The molecule has 1 heterocycles. The first-order valence-corrected chi connectivity index (χ1v) is 7.90. The lowest BCUT2D eigenvalue weighted by Crippen LogP contribution is -2.44.